The molecule has 1 saturated heterocycles. The van der Waals surface area contributed by atoms with Crippen LogP contribution in [0.5, 0.6) is 0 Å². The summed E-state index contributed by atoms with van der Waals surface area (Å²) < 4.78 is 71.4. The molecule has 0 saturated carbocycles. The Morgan fingerprint density at radius 1 is 1.11 bits per heavy atom. The minimum Gasteiger partial charge on any atom is -0.338 e. The van der Waals surface area contributed by atoms with Crippen molar-refractivity contribution in [1.82, 2.24) is 24.5 Å². The van der Waals surface area contributed by atoms with E-state index >= 15 is 0 Å². The van der Waals surface area contributed by atoms with E-state index in [-0.39, 0.29) is 22.8 Å². The number of aromatic nitrogens is 4. The molecular formula is C25H23F5N6S. The number of hydrogen-bond acceptors (Lipinski definition) is 6. The van der Waals surface area contributed by atoms with Crippen LogP contribution in [0.25, 0.3) is 22.3 Å². The van der Waals surface area contributed by atoms with Crippen LogP contribution in [0.3, 0.4) is 0 Å². The summed E-state index contributed by atoms with van der Waals surface area (Å²) in [5, 5.41) is 6.91. The van der Waals surface area contributed by atoms with Crippen molar-refractivity contribution in [1.29, 1.82) is 0 Å². The van der Waals surface area contributed by atoms with Crippen LogP contribution in [0.4, 0.5) is 27.9 Å². The second-order valence-electron chi connectivity index (χ2n) is 8.84. The van der Waals surface area contributed by atoms with Crippen molar-refractivity contribution in [3.63, 3.8) is 0 Å². The van der Waals surface area contributed by atoms with Gasteiger partial charge in [-0.2, -0.15) is 23.3 Å². The fourth-order valence-electron chi connectivity index (χ4n) is 4.62. The van der Waals surface area contributed by atoms with Gasteiger partial charge >= 0.3 is 6.18 Å². The number of fused-ring (bicyclic) bond motifs is 1. The Morgan fingerprint density at radius 3 is 2.57 bits per heavy atom. The van der Waals surface area contributed by atoms with E-state index in [9.17, 15) is 22.0 Å². The van der Waals surface area contributed by atoms with Crippen molar-refractivity contribution in [3.05, 3.63) is 70.9 Å². The van der Waals surface area contributed by atoms with E-state index in [0.29, 0.717) is 25.1 Å². The van der Waals surface area contributed by atoms with E-state index < -0.39 is 34.5 Å². The van der Waals surface area contributed by atoms with Crippen LogP contribution in [0.1, 0.15) is 16.7 Å². The zero-order chi connectivity index (χ0) is 26.3. The van der Waals surface area contributed by atoms with Crippen LogP contribution in [-0.2, 0) is 12.6 Å². The number of anilines is 1. The van der Waals surface area contributed by atoms with Crippen molar-refractivity contribution in [2.45, 2.75) is 25.6 Å². The summed E-state index contributed by atoms with van der Waals surface area (Å²) >= 11 is 1.69. The molecule has 1 aliphatic rings. The summed E-state index contributed by atoms with van der Waals surface area (Å²) in [6, 6.07) is 10.8. The number of H-pyrrole nitrogens is 1. The molecule has 2 aromatic carbocycles. The highest BCUT2D eigenvalue weighted by Gasteiger charge is 2.37. The standard InChI is InChI=1S/C25H23F5N6S/c1-14-20(26)17(11-19(21(14)27)25(28,29)30)22-18-12-31-24(32-23(18)34-33-22)35-8-9-36(37-2)16(13-35)10-15-6-4-3-5-7-15/h3-7,11-12,16H,8-10,13H2,1-2H3,(H,31,32,33,34). The molecule has 12 heteroatoms. The van der Waals surface area contributed by atoms with E-state index in [2.05, 4.69) is 36.6 Å². The van der Waals surface area contributed by atoms with Gasteiger partial charge in [-0.25, -0.2) is 18.1 Å². The first-order valence-corrected chi connectivity index (χ1v) is 12.7. The first-order chi connectivity index (χ1) is 17.7. The van der Waals surface area contributed by atoms with Gasteiger partial charge < -0.3 is 4.90 Å². The molecule has 1 atom stereocenters. The molecule has 0 amide bonds. The molecule has 0 spiro atoms. The molecule has 1 N–H and O–H groups in total. The Balaban J connectivity index is 1.46. The molecule has 0 bridgehead atoms. The third kappa shape index (κ3) is 4.87. The molecule has 3 heterocycles. The summed E-state index contributed by atoms with van der Waals surface area (Å²) in [7, 11) is 0. The SMILES string of the molecule is CSN1CCN(c2ncc3c(-c4cc(C(F)(F)F)c(F)c(C)c4F)[nH]nc3n2)CC1Cc1ccccc1. The van der Waals surface area contributed by atoms with Gasteiger partial charge in [-0.1, -0.05) is 42.3 Å². The van der Waals surface area contributed by atoms with Crippen molar-refractivity contribution >= 4 is 28.9 Å². The van der Waals surface area contributed by atoms with E-state index in [1.165, 1.54) is 11.8 Å². The lowest BCUT2D eigenvalue weighted by atomic mass is 10.0. The van der Waals surface area contributed by atoms with Gasteiger partial charge in [-0.3, -0.25) is 5.10 Å². The van der Waals surface area contributed by atoms with Crippen LogP contribution in [0, 0.1) is 18.6 Å². The topological polar surface area (TPSA) is 60.9 Å². The number of hydrogen-bond donors (Lipinski definition) is 1. The van der Waals surface area contributed by atoms with Gasteiger partial charge in [-0.15, -0.1) is 0 Å². The zero-order valence-electron chi connectivity index (χ0n) is 20.0. The van der Waals surface area contributed by atoms with Gasteiger partial charge in [0.1, 0.15) is 11.6 Å². The number of nitrogens with one attached hydrogen (secondary N) is 1. The number of benzene rings is 2. The first-order valence-electron chi connectivity index (χ1n) is 11.5. The van der Waals surface area contributed by atoms with Gasteiger partial charge in [-0.05, 0) is 31.2 Å². The van der Waals surface area contributed by atoms with Crippen molar-refractivity contribution < 1.29 is 22.0 Å². The Bertz CT molecular complexity index is 1420. The van der Waals surface area contributed by atoms with Crippen molar-refractivity contribution in [2.24, 2.45) is 0 Å². The maximum Gasteiger partial charge on any atom is 0.419 e. The zero-order valence-corrected chi connectivity index (χ0v) is 20.8. The third-order valence-electron chi connectivity index (χ3n) is 6.55. The van der Waals surface area contributed by atoms with Gasteiger partial charge in [0.15, 0.2) is 5.65 Å². The lowest BCUT2D eigenvalue weighted by Gasteiger charge is -2.40. The average molecular weight is 535 g/mol. The predicted molar refractivity (Wildman–Crippen MR) is 133 cm³/mol. The molecule has 1 unspecified atom stereocenters. The number of piperazine rings is 1. The minimum atomic E-state index is -4.98. The van der Waals surface area contributed by atoms with Crippen LogP contribution >= 0.6 is 11.9 Å². The largest absolute Gasteiger partial charge is 0.419 e. The highest BCUT2D eigenvalue weighted by Crippen LogP contribution is 2.38. The number of alkyl halides is 3. The second kappa shape index (κ2) is 9.90. The Hall–Kier alpha value is -3.25. The molecule has 37 heavy (non-hydrogen) atoms. The van der Waals surface area contributed by atoms with Gasteiger partial charge in [0.25, 0.3) is 0 Å². The Kier molecular flexibility index (Phi) is 6.80. The summed E-state index contributed by atoms with van der Waals surface area (Å²) in [6.45, 7) is 3.09. The Morgan fingerprint density at radius 2 is 1.86 bits per heavy atom. The number of halogens is 5. The lowest BCUT2D eigenvalue weighted by molar-refractivity contribution is -0.140. The van der Waals surface area contributed by atoms with E-state index in [1.807, 2.05) is 29.4 Å². The molecule has 4 aromatic rings. The molecule has 194 valence electrons. The molecule has 0 radical (unpaired) electrons. The quantitative estimate of drug-likeness (QED) is 0.264. The normalized spacial score (nSPS) is 17.1. The average Bonchev–Trinajstić information content (AvgIpc) is 3.30. The summed E-state index contributed by atoms with van der Waals surface area (Å²) in [6.07, 6.45) is -0.680. The molecular weight excluding hydrogens is 511 g/mol. The van der Waals surface area contributed by atoms with Crippen LogP contribution in [0.15, 0.2) is 42.6 Å². The molecule has 0 aliphatic carbocycles. The van der Waals surface area contributed by atoms with Gasteiger partial charge in [0.2, 0.25) is 5.95 Å². The van der Waals surface area contributed by atoms with E-state index in [4.69, 9.17) is 0 Å². The monoisotopic (exact) mass is 534 g/mol. The minimum absolute atomic E-state index is 0.0400. The maximum atomic E-state index is 14.9. The number of aromatic amines is 1. The van der Waals surface area contributed by atoms with Crippen molar-refractivity contribution in [3.8, 4) is 11.3 Å². The number of nitrogens with zero attached hydrogens (tertiary/aromatic N) is 5. The van der Waals surface area contributed by atoms with Gasteiger partial charge in [0.05, 0.1) is 16.6 Å². The Labute approximate surface area is 214 Å². The van der Waals surface area contributed by atoms with Crippen LogP contribution in [-0.4, -0.2) is 56.4 Å². The number of rotatable bonds is 5. The van der Waals surface area contributed by atoms with Gasteiger partial charge in [0, 0.05) is 43.0 Å². The third-order valence-corrected chi connectivity index (χ3v) is 7.50. The van der Waals surface area contributed by atoms with E-state index in [0.717, 1.165) is 19.9 Å². The van der Waals surface area contributed by atoms with Crippen molar-refractivity contribution in [2.75, 3.05) is 30.8 Å². The highest BCUT2D eigenvalue weighted by molar-refractivity contribution is 7.96. The first kappa shape index (κ1) is 25.4. The summed E-state index contributed by atoms with van der Waals surface area (Å²) in [5.74, 6) is -2.31. The lowest BCUT2D eigenvalue weighted by Crippen LogP contribution is -2.51. The van der Waals surface area contributed by atoms with Crippen LogP contribution < -0.4 is 4.90 Å². The second-order valence-corrected chi connectivity index (χ2v) is 9.68. The smallest absolute Gasteiger partial charge is 0.338 e. The molecule has 6 nitrogen and oxygen atoms in total. The molecule has 5 rings (SSSR count). The fraction of sp³-hybridized carbons (Fsp3) is 0.320. The predicted octanol–water partition coefficient (Wildman–Crippen LogP) is 5.64. The maximum absolute atomic E-state index is 14.9. The highest BCUT2D eigenvalue weighted by atomic mass is 32.2. The summed E-state index contributed by atoms with van der Waals surface area (Å²) in [5.41, 5.74) is -1.35. The molecule has 1 fully saturated rings. The van der Waals surface area contributed by atoms with E-state index in [1.54, 1.807) is 11.9 Å². The molecule has 1 aliphatic heterocycles. The summed E-state index contributed by atoms with van der Waals surface area (Å²) in [4.78, 5) is 11.0. The fourth-order valence-corrected chi connectivity index (χ4v) is 5.33. The molecule has 2 aromatic heterocycles. The van der Waals surface area contributed by atoms with Crippen LogP contribution in [0.2, 0.25) is 0 Å².